The van der Waals surface area contributed by atoms with E-state index in [4.69, 9.17) is 5.73 Å². The summed E-state index contributed by atoms with van der Waals surface area (Å²) in [4.78, 5) is 34.3. The fraction of sp³-hybridized carbons (Fsp3) is 0.250. The van der Waals surface area contributed by atoms with Crippen LogP contribution in [0.4, 0.5) is 18.9 Å². The van der Waals surface area contributed by atoms with Crippen LogP contribution in [0.3, 0.4) is 0 Å². The summed E-state index contributed by atoms with van der Waals surface area (Å²) in [6.07, 6.45) is -4.93. The molecule has 0 spiro atoms. The molecule has 1 aromatic carbocycles. The highest BCUT2D eigenvalue weighted by molar-refractivity contribution is 6.22. The van der Waals surface area contributed by atoms with E-state index in [1.807, 2.05) is 10.6 Å². The summed E-state index contributed by atoms with van der Waals surface area (Å²) in [7, 11) is 0. The van der Waals surface area contributed by atoms with Crippen LogP contribution in [0.1, 0.15) is 27.6 Å². The van der Waals surface area contributed by atoms with Gasteiger partial charge in [0, 0.05) is 5.69 Å². The SMILES string of the molecule is CC(N)(C(=O)Nc1ccc2c(c1)C(=O)NC2=O)C(F)(F)F. The number of fused-ring (bicyclic) bond motifs is 1. The number of benzene rings is 1. The average Bonchev–Trinajstić information content (AvgIpc) is 2.63. The number of nitrogens with one attached hydrogen (secondary N) is 2. The fourth-order valence-electron chi connectivity index (χ4n) is 1.64. The van der Waals surface area contributed by atoms with Gasteiger partial charge in [0.2, 0.25) is 0 Å². The third-order valence-electron chi connectivity index (χ3n) is 3.05. The van der Waals surface area contributed by atoms with Crippen molar-refractivity contribution in [2.24, 2.45) is 5.73 Å². The highest BCUT2D eigenvalue weighted by Gasteiger charge is 2.54. The number of anilines is 1. The van der Waals surface area contributed by atoms with Crippen LogP contribution < -0.4 is 16.4 Å². The summed E-state index contributed by atoms with van der Waals surface area (Å²) in [5, 5.41) is 4.00. The van der Waals surface area contributed by atoms with Gasteiger partial charge < -0.3 is 11.1 Å². The first kappa shape index (κ1) is 15.0. The number of hydrogen-bond donors (Lipinski definition) is 3. The van der Waals surface area contributed by atoms with Crippen LogP contribution in [0.5, 0.6) is 0 Å². The van der Waals surface area contributed by atoms with Gasteiger partial charge in [0.1, 0.15) is 0 Å². The van der Waals surface area contributed by atoms with E-state index in [9.17, 15) is 27.6 Å². The number of nitrogens with two attached hydrogens (primary N) is 1. The lowest BCUT2D eigenvalue weighted by molar-refractivity contribution is -0.184. The quantitative estimate of drug-likeness (QED) is 0.703. The summed E-state index contributed by atoms with van der Waals surface area (Å²) >= 11 is 0. The summed E-state index contributed by atoms with van der Waals surface area (Å²) in [6, 6.07) is 3.55. The molecule has 1 atom stereocenters. The lowest BCUT2D eigenvalue weighted by atomic mass is 10.0. The largest absolute Gasteiger partial charge is 0.415 e. The minimum atomic E-state index is -4.93. The van der Waals surface area contributed by atoms with Gasteiger partial charge in [0.05, 0.1) is 11.1 Å². The number of imide groups is 1. The van der Waals surface area contributed by atoms with E-state index in [2.05, 4.69) is 0 Å². The molecule has 1 heterocycles. The van der Waals surface area contributed by atoms with Gasteiger partial charge in [-0.2, -0.15) is 13.2 Å². The zero-order chi connectivity index (χ0) is 16.0. The van der Waals surface area contributed by atoms with Crippen molar-refractivity contribution in [3.8, 4) is 0 Å². The van der Waals surface area contributed by atoms with Gasteiger partial charge in [-0.1, -0.05) is 0 Å². The van der Waals surface area contributed by atoms with Crippen molar-refractivity contribution in [1.29, 1.82) is 0 Å². The van der Waals surface area contributed by atoms with Crippen molar-refractivity contribution < 1.29 is 27.6 Å². The van der Waals surface area contributed by atoms with Crippen molar-refractivity contribution in [3.05, 3.63) is 29.3 Å². The van der Waals surface area contributed by atoms with Crippen LogP contribution in [0, 0.1) is 0 Å². The van der Waals surface area contributed by atoms with Gasteiger partial charge in [-0.25, -0.2) is 0 Å². The van der Waals surface area contributed by atoms with Crippen molar-refractivity contribution in [2.45, 2.75) is 18.6 Å². The number of carbonyl (C=O) groups excluding carboxylic acids is 3. The van der Waals surface area contributed by atoms with Gasteiger partial charge in [0.25, 0.3) is 17.7 Å². The van der Waals surface area contributed by atoms with Crippen LogP contribution in [0.15, 0.2) is 18.2 Å². The maximum atomic E-state index is 12.6. The van der Waals surface area contributed by atoms with Crippen molar-refractivity contribution in [2.75, 3.05) is 5.32 Å². The Hall–Kier alpha value is -2.42. The first-order valence-electron chi connectivity index (χ1n) is 5.71. The Morgan fingerprint density at radius 3 is 2.33 bits per heavy atom. The average molecular weight is 301 g/mol. The number of hydrogen-bond acceptors (Lipinski definition) is 4. The van der Waals surface area contributed by atoms with Crippen molar-refractivity contribution in [3.63, 3.8) is 0 Å². The van der Waals surface area contributed by atoms with Crippen LogP contribution in [0.2, 0.25) is 0 Å². The number of halogens is 3. The monoisotopic (exact) mass is 301 g/mol. The van der Waals surface area contributed by atoms with Gasteiger partial charge in [0.15, 0.2) is 5.54 Å². The zero-order valence-corrected chi connectivity index (χ0v) is 10.7. The van der Waals surface area contributed by atoms with Crippen LogP contribution in [-0.4, -0.2) is 29.4 Å². The molecule has 3 amide bonds. The molecule has 1 aromatic rings. The highest BCUT2D eigenvalue weighted by Crippen LogP contribution is 2.29. The number of alkyl halides is 3. The molecule has 6 nitrogen and oxygen atoms in total. The molecule has 21 heavy (non-hydrogen) atoms. The summed E-state index contributed by atoms with van der Waals surface area (Å²) in [5.41, 5.74) is 1.90. The summed E-state index contributed by atoms with van der Waals surface area (Å²) < 4.78 is 37.9. The maximum Gasteiger partial charge on any atom is 0.415 e. The molecule has 1 aliphatic heterocycles. The molecule has 0 bridgehead atoms. The van der Waals surface area contributed by atoms with E-state index < -0.39 is 29.4 Å². The van der Waals surface area contributed by atoms with Crippen molar-refractivity contribution in [1.82, 2.24) is 5.32 Å². The van der Waals surface area contributed by atoms with E-state index in [0.717, 1.165) is 6.07 Å². The van der Waals surface area contributed by atoms with E-state index in [1.165, 1.54) is 12.1 Å². The Morgan fingerprint density at radius 2 is 1.76 bits per heavy atom. The Labute approximate surface area is 116 Å². The molecule has 0 saturated carbocycles. The molecule has 0 saturated heterocycles. The normalized spacial score (nSPS) is 17.0. The van der Waals surface area contributed by atoms with E-state index in [0.29, 0.717) is 6.92 Å². The Morgan fingerprint density at radius 1 is 1.19 bits per heavy atom. The molecule has 2 rings (SSSR count). The first-order chi connectivity index (χ1) is 9.54. The smallest absolute Gasteiger partial charge is 0.324 e. The minimum Gasteiger partial charge on any atom is -0.324 e. The van der Waals surface area contributed by atoms with Crippen LogP contribution >= 0.6 is 0 Å². The molecular weight excluding hydrogens is 291 g/mol. The molecule has 112 valence electrons. The van der Waals surface area contributed by atoms with Crippen molar-refractivity contribution >= 4 is 23.4 Å². The van der Waals surface area contributed by atoms with Gasteiger partial charge >= 0.3 is 6.18 Å². The second-order valence-electron chi connectivity index (χ2n) is 4.70. The molecule has 9 heteroatoms. The number of carbonyl (C=O) groups is 3. The second-order valence-corrected chi connectivity index (χ2v) is 4.70. The number of amides is 3. The van der Waals surface area contributed by atoms with Gasteiger partial charge in [-0.05, 0) is 25.1 Å². The summed E-state index contributed by atoms with van der Waals surface area (Å²) in [6.45, 7) is 0.534. The molecular formula is C12H10F3N3O3. The van der Waals surface area contributed by atoms with Crippen LogP contribution in [0.25, 0.3) is 0 Å². The Balaban J connectivity index is 2.26. The third kappa shape index (κ3) is 2.47. The minimum absolute atomic E-state index is 0.0245. The lowest BCUT2D eigenvalue weighted by Gasteiger charge is -2.26. The molecule has 4 N–H and O–H groups in total. The Bertz CT molecular complexity index is 653. The zero-order valence-electron chi connectivity index (χ0n) is 10.7. The third-order valence-corrected chi connectivity index (χ3v) is 3.05. The highest BCUT2D eigenvalue weighted by atomic mass is 19.4. The molecule has 1 aliphatic rings. The van der Waals surface area contributed by atoms with E-state index in [1.54, 1.807) is 0 Å². The number of rotatable bonds is 2. The van der Waals surface area contributed by atoms with Crippen LogP contribution in [-0.2, 0) is 4.79 Å². The second kappa shape index (κ2) is 4.55. The lowest BCUT2D eigenvalue weighted by Crippen LogP contribution is -2.59. The molecule has 0 fully saturated rings. The maximum absolute atomic E-state index is 12.6. The first-order valence-corrected chi connectivity index (χ1v) is 5.71. The summed E-state index contributed by atoms with van der Waals surface area (Å²) in [5.74, 6) is -2.76. The standard InChI is InChI=1S/C12H10F3N3O3/c1-11(16,12(13,14)15)10(21)17-5-2-3-6-7(4-5)9(20)18-8(6)19/h2-4H,16H2,1H3,(H,17,21)(H,18,19,20). The molecule has 0 aliphatic carbocycles. The molecule has 0 radical (unpaired) electrons. The topological polar surface area (TPSA) is 101 Å². The van der Waals surface area contributed by atoms with Gasteiger partial charge in [-0.3, -0.25) is 19.7 Å². The van der Waals surface area contributed by atoms with Gasteiger partial charge in [-0.15, -0.1) is 0 Å². The molecule has 0 aromatic heterocycles. The Kier molecular flexibility index (Phi) is 3.25. The predicted molar refractivity (Wildman–Crippen MR) is 65.5 cm³/mol. The fourth-order valence-corrected chi connectivity index (χ4v) is 1.64. The predicted octanol–water partition coefficient (Wildman–Crippen LogP) is 0.788. The van der Waals surface area contributed by atoms with E-state index in [-0.39, 0.29) is 16.8 Å². The van der Waals surface area contributed by atoms with E-state index >= 15 is 0 Å². The molecule has 1 unspecified atom stereocenters.